The van der Waals surface area contributed by atoms with Crippen LogP contribution >= 0.6 is 11.3 Å². The Kier molecular flexibility index (Phi) is 3.72. The molecular formula is C13H16N4S. The fourth-order valence-corrected chi connectivity index (χ4v) is 2.16. The number of nitrogens with one attached hydrogen (secondary N) is 1. The van der Waals surface area contributed by atoms with E-state index in [9.17, 15) is 0 Å². The zero-order valence-corrected chi connectivity index (χ0v) is 11.5. The van der Waals surface area contributed by atoms with Crippen molar-refractivity contribution in [1.29, 1.82) is 0 Å². The second-order valence-electron chi connectivity index (χ2n) is 4.91. The van der Waals surface area contributed by atoms with Crippen molar-refractivity contribution >= 4 is 22.7 Å². The third kappa shape index (κ3) is 3.37. The Balaban J connectivity index is 1.99. The summed E-state index contributed by atoms with van der Waals surface area (Å²) >= 11 is 1.56. The fourth-order valence-electron chi connectivity index (χ4n) is 1.28. The smallest absolute Gasteiger partial charge is 0.203 e. The van der Waals surface area contributed by atoms with Gasteiger partial charge in [-0.2, -0.15) is 5.10 Å². The molecule has 2 aromatic heterocycles. The van der Waals surface area contributed by atoms with Crippen molar-refractivity contribution in [3.8, 4) is 0 Å². The Labute approximate surface area is 111 Å². The molecule has 0 amide bonds. The summed E-state index contributed by atoms with van der Waals surface area (Å²) < 4.78 is 0. The summed E-state index contributed by atoms with van der Waals surface area (Å²) in [6, 6.07) is 5.70. The highest BCUT2D eigenvalue weighted by atomic mass is 32.1. The maximum atomic E-state index is 4.49. The molecule has 0 aromatic carbocycles. The minimum Gasteiger partial charge on any atom is -0.255 e. The molecule has 1 N–H and O–H groups in total. The van der Waals surface area contributed by atoms with E-state index in [2.05, 4.69) is 46.6 Å². The monoisotopic (exact) mass is 260 g/mol. The van der Waals surface area contributed by atoms with Crippen molar-refractivity contribution in [2.75, 3.05) is 5.43 Å². The third-order valence-corrected chi connectivity index (χ3v) is 3.06. The van der Waals surface area contributed by atoms with E-state index in [4.69, 9.17) is 0 Å². The standard InChI is InChI=1S/C13H16N4S/c1-13(2,3)11-9-18-12(16-11)17-15-8-10-6-4-5-7-14-10/h4-9H,1-3H3,(H,16,17)/b15-8+. The van der Waals surface area contributed by atoms with Crippen LogP contribution in [0.2, 0.25) is 0 Å². The molecule has 0 aliphatic rings. The van der Waals surface area contributed by atoms with E-state index in [1.807, 2.05) is 18.2 Å². The van der Waals surface area contributed by atoms with Crippen molar-refractivity contribution in [2.24, 2.45) is 5.10 Å². The molecule has 0 aliphatic heterocycles. The average Bonchev–Trinajstić information content (AvgIpc) is 2.79. The fraction of sp³-hybridized carbons (Fsp3) is 0.308. The largest absolute Gasteiger partial charge is 0.255 e. The molecule has 5 heteroatoms. The number of aromatic nitrogens is 2. The van der Waals surface area contributed by atoms with E-state index in [1.54, 1.807) is 23.7 Å². The highest BCUT2D eigenvalue weighted by Gasteiger charge is 2.17. The molecule has 18 heavy (non-hydrogen) atoms. The van der Waals surface area contributed by atoms with Crippen LogP contribution in [-0.4, -0.2) is 16.2 Å². The first-order chi connectivity index (χ1) is 8.55. The number of nitrogens with zero attached hydrogens (tertiary/aromatic N) is 3. The second kappa shape index (κ2) is 5.27. The summed E-state index contributed by atoms with van der Waals surface area (Å²) in [6.07, 6.45) is 3.42. The van der Waals surface area contributed by atoms with Gasteiger partial charge in [-0.3, -0.25) is 10.4 Å². The van der Waals surface area contributed by atoms with Crippen molar-refractivity contribution in [3.63, 3.8) is 0 Å². The van der Waals surface area contributed by atoms with E-state index in [0.717, 1.165) is 16.5 Å². The molecule has 0 aliphatic carbocycles. The maximum Gasteiger partial charge on any atom is 0.203 e. The zero-order valence-electron chi connectivity index (χ0n) is 10.7. The number of thiazole rings is 1. The van der Waals surface area contributed by atoms with Crippen molar-refractivity contribution < 1.29 is 0 Å². The predicted octanol–water partition coefficient (Wildman–Crippen LogP) is 3.28. The van der Waals surface area contributed by atoms with E-state index in [0.29, 0.717) is 0 Å². The molecule has 2 rings (SSSR count). The highest BCUT2D eigenvalue weighted by Crippen LogP contribution is 2.26. The molecule has 2 heterocycles. The van der Waals surface area contributed by atoms with E-state index >= 15 is 0 Å². The van der Waals surface area contributed by atoms with Gasteiger partial charge >= 0.3 is 0 Å². The average molecular weight is 260 g/mol. The SMILES string of the molecule is CC(C)(C)c1csc(N/N=C/c2ccccn2)n1. The van der Waals surface area contributed by atoms with Gasteiger partial charge in [0.25, 0.3) is 0 Å². The first-order valence-electron chi connectivity index (χ1n) is 5.72. The van der Waals surface area contributed by atoms with Gasteiger partial charge in [-0.25, -0.2) is 4.98 Å². The Morgan fingerprint density at radius 2 is 2.17 bits per heavy atom. The lowest BCUT2D eigenvalue weighted by Crippen LogP contribution is -2.11. The first-order valence-corrected chi connectivity index (χ1v) is 6.60. The topological polar surface area (TPSA) is 50.2 Å². The molecule has 0 atom stereocenters. The minimum absolute atomic E-state index is 0.0706. The number of rotatable bonds is 3. The molecule has 94 valence electrons. The second-order valence-corrected chi connectivity index (χ2v) is 5.77. The lowest BCUT2D eigenvalue weighted by Gasteiger charge is -2.13. The summed E-state index contributed by atoms with van der Waals surface area (Å²) in [7, 11) is 0. The number of hydrogen-bond donors (Lipinski definition) is 1. The number of anilines is 1. The quantitative estimate of drug-likeness (QED) is 0.680. The van der Waals surface area contributed by atoms with Crippen LogP contribution in [0.3, 0.4) is 0 Å². The van der Waals surface area contributed by atoms with Gasteiger partial charge in [-0.15, -0.1) is 11.3 Å². The maximum absolute atomic E-state index is 4.49. The Morgan fingerprint density at radius 1 is 1.33 bits per heavy atom. The van der Waals surface area contributed by atoms with Crippen LogP contribution in [-0.2, 0) is 5.41 Å². The lowest BCUT2D eigenvalue weighted by molar-refractivity contribution is 0.573. The van der Waals surface area contributed by atoms with Crippen LogP contribution in [0.25, 0.3) is 0 Å². The van der Waals surface area contributed by atoms with Crippen LogP contribution in [0.15, 0.2) is 34.9 Å². The van der Waals surface area contributed by atoms with E-state index < -0.39 is 0 Å². The van der Waals surface area contributed by atoms with Gasteiger partial charge in [0, 0.05) is 17.0 Å². The Morgan fingerprint density at radius 3 is 2.78 bits per heavy atom. The van der Waals surface area contributed by atoms with Gasteiger partial charge in [0.1, 0.15) is 0 Å². The summed E-state index contributed by atoms with van der Waals surface area (Å²) in [5, 5.41) is 6.97. The van der Waals surface area contributed by atoms with Gasteiger partial charge in [0.05, 0.1) is 17.6 Å². The van der Waals surface area contributed by atoms with Crippen molar-refractivity contribution in [3.05, 3.63) is 41.2 Å². The van der Waals surface area contributed by atoms with Crippen molar-refractivity contribution in [2.45, 2.75) is 26.2 Å². The van der Waals surface area contributed by atoms with Crippen LogP contribution in [0.5, 0.6) is 0 Å². The summed E-state index contributed by atoms with van der Waals surface area (Å²) in [5.74, 6) is 0. The number of pyridine rings is 1. The van der Waals surface area contributed by atoms with Crippen molar-refractivity contribution in [1.82, 2.24) is 9.97 Å². The Bertz CT molecular complexity index is 525. The molecule has 0 fully saturated rings. The van der Waals surface area contributed by atoms with Gasteiger partial charge in [0.15, 0.2) is 0 Å². The van der Waals surface area contributed by atoms with E-state index in [1.165, 1.54) is 0 Å². The van der Waals surface area contributed by atoms with Gasteiger partial charge < -0.3 is 0 Å². The van der Waals surface area contributed by atoms with E-state index in [-0.39, 0.29) is 5.41 Å². The Hall–Kier alpha value is -1.75. The van der Waals surface area contributed by atoms with Crippen LogP contribution in [0.4, 0.5) is 5.13 Å². The minimum atomic E-state index is 0.0706. The van der Waals surface area contributed by atoms with Crippen LogP contribution in [0, 0.1) is 0 Å². The summed E-state index contributed by atoms with van der Waals surface area (Å²) in [5.41, 5.74) is 4.88. The number of hydrazone groups is 1. The molecule has 4 nitrogen and oxygen atoms in total. The van der Waals surface area contributed by atoms with Crippen LogP contribution in [0.1, 0.15) is 32.2 Å². The molecule has 0 radical (unpaired) electrons. The summed E-state index contributed by atoms with van der Waals surface area (Å²) in [6.45, 7) is 6.43. The highest BCUT2D eigenvalue weighted by molar-refractivity contribution is 7.13. The lowest BCUT2D eigenvalue weighted by atomic mass is 9.93. The molecule has 0 spiro atoms. The molecule has 0 saturated carbocycles. The molecule has 2 aromatic rings. The predicted molar refractivity (Wildman–Crippen MR) is 76.3 cm³/mol. The zero-order chi connectivity index (χ0) is 13.0. The molecule has 0 unspecified atom stereocenters. The third-order valence-electron chi connectivity index (χ3n) is 2.32. The van der Waals surface area contributed by atoms with Gasteiger partial charge in [0.2, 0.25) is 5.13 Å². The van der Waals surface area contributed by atoms with Crippen LogP contribution < -0.4 is 5.43 Å². The molecular weight excluding hydrogens is 244 g/mol. The molecule has 0 bridgehead atoms. The normalized spacial score (nSPS) is 11.9. The number of hydrogen-bond acceptors (Lipinski definition) is 5. The first kappa shape index (κ1) is 12.7. The van der Waals surface area contributed by atoms with Gasteiger partial charge in [-0.05, 0) is 12.1 Å². The summed E-state index contributed by atoms with van der Waals surface area (Å²) in [4.78, 5) is 8.63. The molecule has 0 saturated heterocycles. The van der Waals surface area contributed by atoms with Gasteiger partial charge in [-0.1, -0.05) is 26.8 Å².